The zero-order valence-corrected chi connectivity index (χ0v) is 18.4. The third-order valence-corrected chi connectivity index (χ3v) is 5.36. The van der Waals surface area contributed by atoms with Crippen LogP contribution in [0, 0.1) is 0 Å². The van der Waals surface area contributed by atoms with E-state index >= 15 is 0 Å². The highest BCUT2D eigenvalue weighted by atomic mass is 35.5. The van der Waals surface area contributed by atoms with Gasteiger partial charge in [0.25, 0.3) is 11.8 Å². The average molecular weight is 462 g/mol. The van der Waals surface area contributed by atoms with Gasteiger partial charge in [-0.15, -0.1) is 0 Å². The minimum absolute atomic E-state index is 0.0456. The molecule has 0 radical (unpaired) electrons. The Morgan fingerprint density at radius 1 is 1.03 bits per heavy atom. The van der Waals surface area contributed by atoms with Gasteiger partial charge in [0.15, 0.2) is 0 Å². The van der Waals surface area contributed by atoms with Gasteiger partial charge in [-0.05, 0) is 36.8 Å². The smallest absolute Gasteiger partial charge is 0.261 e. The molecule has 0 bridgehead atoms. The van der Waals surface area contributed by atoms with Crippen molar-refractivity contribution in [2.45, 2.75) is 19.8 Å². The van der Waals surface area contributed by atoms with Gasteiger partial charge >= 0.3 is 0 Å². The lowest BCUT2D eigenvalue weighted by molar-refractivity contribution is -0.134. The van der Waals surface area contributed by atoms with Crippen LogP contribution >= 0.6 is 23.2 Å². The Labute approximate surface area is 189 Å². The highest BCUT2D eigenvalue weighted by molar-refractivity contribution is 6.36. The summed E-state index contributed by atoms with van der Waals surface area (Å²) in [5, 5.41) is 3.40. The van der Waals surface area contributed by atoms with Crippen molar-refractivity contribution in [3.63, 3.8) is 0 Å². The van der Waals surface area contributed by atoms with Crippen molar-refractivity contribution in [1.29, 1.82) is 0 Å². The van der Waals surface area contributed by atoms with Gasteiger partial charge in [0.2, 0.25) is 11.8 Å². The van der Waals surface area contributed by atoms with Crippen LogP contribution in [-0.2, 0) is 9.59 Å². The molecule has 2 aromatic carbocycles. The number of fused-ring (bicyclic) bond motifs is 1. The van der Waals surface area contributed by atoms with Crippen LogP contribution < -0.4 is 5.32 Å². The topological polar surface area (TPSA) is 86.8 Å². The summed E-state index contributed by atoms with van der Waals surface area (Å²) < 4.78 is 0. The molecule has 4 amide bonds. The predicted molar refractivity (Wildman–Crippen MR) is 118 cm³/mol. The van der Waals surface area contributed by atoms with Crippen LogP contribution in [0.25, 0.3) is 0 Å². The van der Waals surface area contributed by atoms with Crippen LogP contribution in [0.5, 0.6) is 0 Å². The van der Waals surface area contributed by atoms with Crippen molar-refractivity contribution < 1.29 is 19.2 Å². The zero-order valence-electron chi connectivity index (χ0n) is 16.9. The molecule has 0 aliphatic carbocycles. The maximum Gasteiger partial charge on any atom is 0.261 e. The standard InChI is InChI=1S/C22H21Cl2N3O4/c1-2-10-26(13-19(28)25-18-8-7-14(23)12-17(18)24)20(29)9-11-27-21(30)15-5-3-4-6-16(15)22(27)31/h3-8,12H,2,9-11,13H2,1H3,(H,25,28). The largest absolute Gasteiger partial charge is 0.333 e. The first-order valence-electron chi connectivity index (χ1n) is 9.79. The molecule has 0 aromatic heterocycles. The third-order valence-electron chi connectivity index (χ3n) is 4.81. The number of nitrogens with zero attached hydrogens (tertiary/aromatic N) is 2. The molecule has 9 heteroatoms. The van der Waals surface area contributed by atoms with E-state index in [1.807, 2.05) is 6.92 Å². The van der Waals surface area contributed by atoms with Gasteiger partial charge in [0.05, 0.1) is 28.4 Å². The van der Waals surface area contributed by atoms with Gasteiger partial charge in [-0.1, -0.05) is 42.3 Å². The number of rotatable bonds is 8. The molecule has 1 N–H and O–H groups in total. The molecule has 0 fully saturated rings. The number of halogens is 2. The maximum absolute atomic E-state index is 12.7. The second-order valence-electron chi connectivity index (χ2n) is 7.05. The molecule has 7 nitrogen and oxygen atoms in total. The number of anilines is 1. The second-order valence-corrected chi connectivity index (χ2v) is 7.89. The molecule has 0 saturated carbocycles. The van der Waals surface area contributed by atoms with E-state index in [0.29, 0.717) is 39.8 Å². The fraction of sp³-hybridized carbons (Fsp3) is 0.273. The van der Waals surface area contributed by atoms with Crippen molar-refractivity contribution in [2.24, 2.45) is 0 Å². The van der Waals surface area contributed by atoms with E-state index < -0.39 is 17.7 Å². The monoisotopic (exact) mass is 461 g/mol. The lowest BCUT2D eigenvalue weighted by atomic mass is 10.1. The molecular weight excluding hydrogens is 441 g/mol. The van der Waals surface area contributed by atoms with Crippen LogP contribution in [0.1, 0.15) is 40.5 Å². The van der Waals surface area contributed by atoms with Crippen LogP contribution in [0.3, 0.4) is 0 Å². The van der Waals surface area contributed by atoms with E-state index in [-0.39, 0.29) is 25.4 Å². The summed E-state index contributed by atoms with van der Waals surface area (Å²) in [5.74, 6) is -1.56. The van der Waals surface area contributed by atoms with E-state index in [2.05, 4.69) is 5.32 Å². The number of benzene rings is 2. The molecule has 0 unspecified atom stereocenters. The summed E-state index contributed by atoms with van der Waals surface area (Å²) in [7, 11) is 0. The highest BCUT2D eigenvalue weighted by Gasteiger charge is 2.35. The number of hydrogen-bond acceptors (Lipinski definition) is 4. The maximum atomic E-state index is 12.7. The average Bonchev–Trinajstić information content (AvgIpc) is 2.98. The lowest BCUT2D eigenvalue weighted by Crippen LogP contribution is -2.41. The number of carbonyl (C=O) groups excluding carboxylic acids is 4. The van der Waals surface area contributed by atoms with Crippen LogP contribution in [0.2, 0.25) is 10.0 Å². The Morgan fingerprint density at radius 3 is 2.26 bits per heavy atom. The zero-order chi connectivity index (χ0) is 22.5. The van der Waals surface area contributed by atoms with Gasteiger partial charge in [0.1, 0.15) is 0 Å². The predicted octanol–water partition coefficient (Wildman–Crippen LogP) is 3.86. The number of nitrogens with one attached hydrogen (secondary N) is 1. The van der Waals surface area contributed by atoms with Gasteiger partial charge in [0, 0.05) is 24.5 Å². The molecule has 3 rings (SSSR count). The number of hydrogen-bond donors (Lipinski definition) is 1. The van der Waals surface area contributed by atoms with Gasteiger partial charge in [-0.3, -0.25) is 24.1 Å². The van der Waals surface area contributed by atoms with Crippen molar-refractivity contribution in [3.8, 4) is 0 Å². The Hall–Kier alpha value is -2.90. The van der Waals surface area contributed by atoms with E-state index in [1.54, 1.807) is 36.4 Å². The van der Waals surface area contributed by atoms with Gasteiger partial charge < -0.3 is 10.2 Å². The molecule has 0 saturated heterocycles. The fourth-order valence-electron chi connectivity index (χ4n) is 3.32. The molecule has 31 heavy (non-hydrogen) atoms. The van der Waals surface area contributed by atoms with Crippen molar-refractivity contribution in [2.75, 3.05) is 25.0 Å². The molecule has 2 aromatic rings. The molecular formula is C22H21Cl2N3O4. The Morgan fingerprint density at radius 2 is 1.68 bits per heavy atom. The molecule has 1 aliphatic heterocycles. The summed E-state index contributed by atoms with van der Waals surface area (Å²) >= 11 is 11.9. The summed E-state index contributed by atoms with van der Waals surface area (Å²) in [6.45, 7) is 2.03. The van der Waals surface area contributed by atoms with Crippen LogP contribution in [0.4, 0.5) is 5.69 Å². The molecule has 1 heterocycles. The minimum atomic E-state index is -0.412. The van der Waals surface area contributed by atoms with Gasteiger partial charge in [-0.25, -0.2) is 0 Å². The summed E-state index contributed by atoms with van der Waals surface area (Å²) in [4.78, 5) is 52.5. The Balaban J connectivity index is 1.60. The quantitative estimate of drug-likeness (QED) is 0.604. The SMILES string of the molecule is CCCN(CC(=O)Nc1ccc(Cl)cc1Cl)C(=O)CCN1C(=O)c2ccccc2C1=O. The minimum Gasteiger partial charge on any atom is -0.333 e. The molecule has 1 aliphatic rings. The summed E-state index contributed by atoms with van der Waals surface area (Å²) in [5.41, 5.74) is 1.07. The van der Waals surface area contributed by atoms with Crippen molar-refractivity contribution in [1.82, 2.24) is 9.80 Å². The Kier molecular flexibility index (Phi) is 7.30. The van der Waals surface area contributed by atoms with Gasteiger partial charge in [-0.2, -0.15) is 0 Å². The third kappa shape index (κ3) is 5.24. The molecule has 162 valence electrons. The van der Waals surface area contributed by atoms with Crippen LogP contribution in [-0.4, -0.2) is 53.1 Å². The molecule has 0 spiro atoms. The summed E-state index contributed by atoms with van der Waals surface area (Å²) in [6.07, 6.45) is 0.578. The van der Waals surface area contributed by atoms with E-state index in [9.17, 15) is 19.2 Å². The van der Waals surface area contributed by atoms with E-state index in [1.165, 1.54) is 11.0 Å². The highest BCUT2D eigenvalue weighted by Crippen LogP contribution is 2.25. The normalized spacial score (nSPS) is 12.7. The first kappa shape index (κ1) is 22.8. The first-order valence-corrected chi connectivity index (χ1v) is 10.5. The Bertz CT molecular complexity index is 1010. The fourth-order valence-corrected chi connectivity index (χ4v) is 3.78. The molecule has 0 atom stereocenters. The van der Waals surface area contributed by atoms with Crippen molar-refractivity contribution in [3.05, 3.63) is 63.6 Å². The second kappa shape index (κ2) is 9.94. The van der Waals surface area contributed by atoms with Crippen LogP contribution in [0.15, 0.2) is 42.5 Å². The lowest BCUT2D eigenvalue weighted by Gasteiger charge is -2.23. The number of amides is 4. The van der Waals surface area contributed by atoms with E-state index in [0.717, 1.165) is 4.90 Å². The summed E-state index contributed by atoms with van der Waals surface area (Å²) in [6, 6.07) is 11.2. The van der Waals surface area contributed by atoms with E-state index in [4.69, 9.17) is 23.2 Å². The van der Waals surface area contributed by atoms with Crippen molar-refractivity contribution >= 4 is 52.5 Å². The number of imide groups is 1. The first-order chi connectivity index (χ1) is 14.8. The number of carbonyl (C=O) groups is 4.